The van der Waals surface area contributed by atoms with Gasteiger partial charge < -0.3 is 4.90 Å². The maximum atomic E-state index is 12.5. The number of benzene rings is 1. The molecule has 1 aromatic carbocycles. The first-order chi connectivity index (χ1) is 8.59. The fourth-order valence-corrected chi connectivity index (χ4v) is 3.70. The third kappa shape index (κ3) is 3.15. The molecule has 0 unspecified atom stereocenters. The van der Waals surface area contributed by atoms with Crippen molar-refractivity contribution >= 4 is 37.8 Å². The molecule has 2 nitrogen and oxygen atoms in total. The zero-order valence-electron chi connectivity index (χ0n) is 10.5. The largest absolute Gasteiger partial charge is 0.339 e. The first-order valence-electron chi connectivity index (χ1n) is 6.32. The van der Waals surface area contributed by atoms with Crippen LogP contribution in [0.15, 0.2) is 27.1 Å². The normalized spacial score (nSPS) is 16.6. The predicted molar refractivity (Wildman–Crippen MR) is 80.8 cm³/mol. The molecule has 1 saturated carbocycles. The summed E-state index contributed by atoms with van der Waals surface area (Å²) in [6.07, 6.45) is 6.06. The van der Waals surface area contributed by atoms with Crippen LogP contribution in [0.2, 0.25) is 0 Å². The molecule has 0 bridgehead atoms. The van der Waals surface area contributed by atoms with Gasteiger partial charge in [0.05, 0.1) is 5.56 Å². The number of rotatable bonds is 2. The van der Waals surface area contributed by atoms with Crippen molar-refractivity contribution in [2.45, 2.75) is 38.1 Å². The molecule has 1 aliphatic rings. The summed E-state index contributed by atoms with van der Waals surface area (Å²) in [5, 5.41) is 0. The SMILES string of the molecule is CN(C(=O)c1ccc(Br)cc1Br)C1CCCCC1. The van der Waals surface area contributed by atoms with Gasteiger partial charge in [-0.1, -0.05) is 35.2 Å². The summed E-state index contributed by atoms with van der Waals surface area (Å²) in [4.78, 5) is 14.4. The second kappa shape index (κ2) is 6.20. The highest BCUT2D eigenvalue weighted by molar-refractivity contribution is 9.11. The van der Waals surface area contributed by atoms with E-state index in [4.69, 9.17) is 0 Å². The van der Waals surface area contributed by atoms with Crippen LogP contribution in [-0.2, 0) is 0 Å². The number of hydrogen-bond donors (Lipinski definition) is 0. The van der Waals surface area contributed by atoms with Gasteiger partial charge in [0.2, 0.25) is 0 Å². The summed E-state index contributed by atoms with van der Waals surface area (Å²) in [6.45, 7) is 0. The minimum absolute atomic E-state index is 0.112. The van der Waals surface area contributed by atoms with Crippen LogP contribution >= 0.6 is 31.9 Å². The van der Waals surface area contributed by atoms with E-state index in [9.17, 15) is 4.79 Å². The van der Waals surface area contributed by atoms with Crippen LogP contribution in [0.1, 0.15) is 42.5 Å². The molecule has 0 radical (unpaired) electrons. The summed E-state index contributed by atoms with van der Waals surface area (Å²) < 4.78 is 1.83. The third-order valence-corrected chi connectivity index (χ3v) is 4.75. The van der Waals surface area contributed by atoms with E-state index in [1.54, 1.807) is 0 Å². The summed E-state index contributed by atoms with van der Waals surface area (Å²) in [5.74, 6) is 0.112. The van der Waals surface area contributed by atoms with Crippen molar-refractivity contribution in [3.8, 4) is 0 Å². The van der Waals surface area contributed by atoms with E-state index < -0.39 is 0 Å². The van der Waals surface area contributed by atoms with Gasteiger partial charge in [0.25, 0.3) is 5.91 Å². The molecule has 0 aromatic heterocycles. The van der Waals surface area contributed by atoms with Gasteiger partial charge >= 0.3 is 0 Å². The van der Waals surface area contributed by atoms with Crippen molar-refractivity contribution in [1.29, 1.82) is 0 Å². The van der Waals surface area contributed by atoms with Crippen molar-refractivity contribution in [2.24, 2.45) is 0 Å². The maximum absolute atomic E-state index is 12.5. The second-order valence-electron chi connectivity index (χ2n) is 4.83. The van der Waals surface area contributed by atoms with Crippen LogP contribution in [0.25, 0.3) is 0 Å². The minimum Gasteiger partial charge on any atom is -0.339 e. The van der Waals surface area contributed by atoms with E-state index in [-0.39, 0.29) is 5.91 Å². The van der Waals surface area contributed by atoms with Crippen LogP contribution < -0.4 is 0 Å². The molecule has 0 aliphatic heterocycles. The Hall–Kier alpha value is -0.350. The van der Waals surface area contributed by atoms with Crippen molar-refractivity contribution < 1.29 is 4.79 Å². The zero-order chi connectivity index (χ0) is 13.1. The van der Waals surface area contributed by atoms with Crippen molar-refractivity contribution in [2.75, 3.05) is 7.05 Å². The number of halogens is 2. The molecular weight excluding hydrogens is 358 g/mol. The highest BCUT2D eigenvalue weighted by atomic mass is 79.9. The lowest BCUT2D eigenvalue weighted by atomic mass is 9.94. The molecule has 0 spiro atoms. The topological polar surface area (TPSA) is 20.3 Å². The Bertz CT molecular complexity index is 441. The lowest BCUT2D eigenvalue weighted by Gasteiger charge is -2.31. The molecule has 0 saturated heterocycles. The molecule has 1 amide bonds. The van der Waals surface area contributed by atoms with Crippen LogP contribution in [0.4, 0.5) is 0 Å². The lowest BCUT2D eigenvalue weighted by molar-refractivity contribution is 0.0695. The quantitative estimate of drug-likeness (QED) is 0.739. The molecule has 1 aromatic rings. The number of carbonyl (C=O) groups excluding carboxylic acids is 1. The van der Waals surface area contributed by atoms with Gasteiger partial charge in [0, 0.05) is 22.0 Å². The third-order valence-electron chi connectivity index (χ3n) is 3.60. The Morgan fingerprint density at radius 3 is 2.50 bits per heavy atom. The van der Waals surface area contributed by atoms with Gasteiger partial charge in [-0.25, -0.2) is 0 Å². The average molecular weight is 375 g/mol. The van der Waals surface area contributed by atoms with Crippen LogP contribution in [0, 0.1) is 0 Å². The Morgan fingerprint density at radius 1 is 1.22 bits per heavy atom. The monoisotopic (exact) mass is 373 g/mol. The smallest absolute Gasteiger partial charge is 0.254 e. The van der Waals surface area contributed by atoms with Crippen LogP contribution in [-0.4, -0.2) is 23.9 Å². The molecule has 1 aliphatic carbocycles. The van der Waals surface area contributed by atoms with E-state index in [2.05, 4.69) is 31.9 Å². The van der Waals surface area contributed by atoms with Crippen LogP contribution in [0.3, 0.4) is 0 Å². The number of carbonyl (C=O) groups is 1. The van der Waals surface area contributed by atoms with E-state index in [0.29, 0.717) is 6.04 Å². The summed E-state index contributed by atoms with van der Waals surface area (Å²) in [7, 11) is 1.92. The van der Waals surface area contributed by atoms with Gasteiger partial charge in [-0.15, -0.1) is 0 Å². The minimum atomic E-state index is 0.112. The number of nitrogens with zero attached hydrogens (tertiary/aromatic N) is 1. The Kier molecular flexibility index (Phi) is 4.84. The van der Waals surface area contributed by atoms with E-state index in [1.807, 2.05) is 30.1 Å². The number of amides is 1. The molecule has 18 heavy (non-hydrogen) atoms. The van der Waals surface area contributed by atoms with E-state index in [0.717, 1.165) is 27.4 Å². The average Bonchev–Trinajstić information content (AvgIpc) is 2.38. The molecule has 0 N–H and O–H groups in total. The lowest BCUT2D eigenvalue weighted by Crippen LogP contribution is -2.38. The molecular formula is C14H17Br2NO. The number of hydrogen-bond acceptors (Lipinski definition) is 1. The second-order valence-corrected chi connectivity index (χ2v) is 6.60. The van der Waals surface area contributed by atoms with Gasteiger partial charge in [-0.2, -0.15) is 0 Å². The molecule has 98 valence electrons. The summed E-state index contributed by atoms with van der Waals surface area (Å²) >= 11 is 6.87. The Labute approximate surface area is 125 Å². The van der Waals surface area contributed by atoms with Crippen molar-refractivity contribution in [3.63, 3.8) is 0 Å². The van der Waals surface area contributed by atoms with Gasteiger partial charge in [-0.05, 0) is 47.0 Å². The van der Waals surface area contributed by atoms with Gasteiger partial charge in [-0.3, -0.25) is 4.79 Å². The molecule has 4 heteroatoms. The Morgan fingerprint density at radius 2 is 1.89 bits per heavy atom. The summed E-state index contributed by atoms with van der Waals surface area (Å²) in [6, 6.07) is 6.10. The zero-order valence-corrected chi connectivity index (χ0v) is 13.6. The van der Waals surface area contributed by atoms with E-state index in [1.165, 1.54) is 19.3 Å². The highest BCUT2D eigenvalue weighted by Gasteiger charge is 2.24. The molecule has 0 atom stereocenters. The molecule has 2 rings (SSSR count). The maximum Gasteiger partial charge on any atom is 0.254 e. The fraction of sp³-hybridized carbons (Fsp3) is 0.500. The highest BCUT2D eigenvalue weighted by Crippen LogP contribution is 2.26. The predicted octanol–water partition coefficient (Wildman–Crippen LogP) is 4.62. The summed E-state index contributed by atoms with van der Waals surface area (Å²) in [5.41, 5.74) is 0.742. The van der Waals surface area contributed by atoms with Crippen molar-refractivity contribution in [1.82, 2.24) is 4.90 Å². The molecule has 1 fully saturated rings. The first-order valence-corrected chi connectivity index (χ1v) is 7.90. The fourth-order valence-electron chi connectivity index (χ4n) is 2.49. The van der Waals surface area contributed by atoms with Gasteiger partial charge in [0.1, 0.15) is 0 Å². The standard InChI is InChI=1S/C14H17Br2NO/c1-17(11-5-3-2-4-6-11)14(18)12-8-7-10(15)9-13(12)16/h7-9,11H,2-6H2,1H3. The molecule has 0 heterocycles. The van der Waals surface area contributed by atoms with Gasteiger partial charge in [0.15, 0.2) is 0 Å². The Balaban J connectivity index is 2.14. The first kappa shape index (κ1) is 14.1. The van der Waals surface area contributed by atoms with Crippen LogP contribution in [0.5, 0.6) is 0 Å². The van der Waals surface area contributed by atoms with E-state index >= 15 is 0 Å². The van der Waals surface area contributed by atoms with Crippen molar-refractivity contribution in [3.05, 3.63) is 32.7 Å².